The van der Waals surface area contributed by atoms with E-state index >= 15 is 0 Å². The second kappa shape index (κ2) is 49.5. The van der Waals surface area contributed by atoms with Crippen LogP contribution in [0.25, 0.3) is 0 Å². The van der Waals surface area contributed by atoms with E-state index in [0.29, 0.717) is 11.1 Å². The number of rotatable bonds is 0. The molecule has 5 aromatic rings. The number of benzene rings is 5. The van der Waals surface area contributed by atoms with Crippen LogP contribution in [0, 0.1) is 152 Å². The van der Waals surface area contributed by atoms with Gasteiger partial charge in [-0.2, -0.15) is 0 Å². The average molecular weight is 1250 g/mol. The monoisotopic (exact) mass is 1250 g/mol. The van der Waals surface area contributed by atoms with Crippen LogP contribution in [0.15, 0.2) is 109 Å². The van der Waals surface area contributed by atoms with E-state index in [1.54, 1.807) is 26.0 Å². The van der Waals surface area contributed by atoms with E-state index in [9.17, 15) is 8.78 Å². The lowest BCUT2D eigenvalue weighted by Gasteiger charge is -2.22. The Hall–Kier alpha value is -4.04. The normalized spacial score (nSPS) is 25.6. The summed E-state index contributed by atoms with van der Waals surface area (Å²) < 4.78 is 25.2. The van der Waals surface area contributed by atoms with Gasteiger partial charge in [0.1, 0.15) is 11.6 Å². The van der Waals surface area contributed by atoms with Crippen LogP contribution in [-0.2, 0) is 0 Å². The highest BCUT2D eigenvalue weighted by atomic mass is 19.1. The number of aryl methyl sites for hydroxylation is 10. The minimum absolute atomic E-state index is 0. The Bertz CT molecular complexity index is 2020. The number of halogens is 2. The average Bonchev–Trinajstić information content (AvgIpc) is 3.71. The van der Waals surface area contributed by atoms with Gasteiger partial charge in [-0.1, -0.05) is 368 Å². The number of hydrogen-bond donors (Lipinski definition) is 0. The lowest BCUT2D eigenvalue weighted by molar-refractivity contribution is 0.308. The van der Waals surface area contributed by atoms with Crippen molar-refractivity contribution in [1.29, 1.82) is 0 Å². The largest absolute Gasteiger partial charge is 0.207 e. The van der Waals surface area contributed by atoms with E-state index in [1.165, 1.54) is 200 Å². The Balaban J connectivity index is -0.000000955. The van der Waals surface area contributed by atoms with Crippen LogP contribution in [0.5, 0.6) is 0 Å². The summed E-state index contributed by atoms with van der Waals surface area (Å²) in [6, 6.07) is 35.9. The summed E-state index contributed by atoms with van der Waals surface area (Å²) in [7, 11) is 0. The SMILES string of the molecule is CC1CCC(C)CC1.CC1CCC(C)CC1.CC1CCC(C)CC1.CC1CCC(C)CC1.CC1CCC(C)CC1.CC1CCC(C)CC1.Cc1ccc(C)c(F)c1.Cc1ccc(C)c(F)c1.Cc1ccc(C)cc1.Cc1ccc(C)cc1.Cc1ccc(C)cc1.[HH].[HH].[HH]. The molecule has 6 aliphatic rings. The van der Waals surface area contributed by atoms with Gasteiger partial charge in [-0.05, 0) is 175 Å². The van der Waals surface area contributed by atoms with Gasteiger partial charge in [0.05, 0.1) is 0 Å². The molecule has 0 aromatic heterocycles. The highest BCUT2D eigenvalue weighted by molar-refractivity contribution is 5.23. The van der Waals surface area contributed by atoms with Crippen molar-refractivity contribution in [2.75, 3.05) is 0 Å². The lowest BCUT2D eigenvalue weighted by atomic mass is 9.84. The van der Waals surface area contributed by atoms with Crippen molar-refractivity contribution in [3.05, 3.63) is 176 Å². The summed E-state index contributed by atoms with van der Waals surface area (Å²) in [6.45, 7) is 48.3. The molecule has 11 rings (SSSR count). The van der Waals surface area contributed by atoms with Gasteiger partial charge in [0.15, 0.2) is 0 Å². The first-order chi connectivity index (χ1) is 42.5. The molecule has 0 saturated heterocycles. The molecular formula is C88H150F2. The molecule has 0 unspecified atom stereocenters. The summed E-state index contributed by atoms with van der Waals surface area (Å²) >= 11 is 0. The summed E-state index contributed by atoms with van der Waals surface area (Å²) in [5.74, 6) is 12.0. The fourth-order valence-corrected chi connectivity index (χ4v) is 11.9. The molecule has 0 bridgehead atoms. The van der Waals surface area contributed by atoms with Gasteiger partial charge in [0, 0.05) is 4.28 Å². The molecule has 0 spiro atoms. The van der Waals surface area contributed by atoms with E-state index in [4.69, 9.17) is 0 Å². The van der Waals surface area contributed by atoms with Gasteiger partial charge in [-0.3, -0.25) is 0 Å². The summed E-state index contributed by atoms with van der Waals surface area (Å²) in [5, 5.41) is 0. The van der Waals surface area contributed by atoms with E-state index in [1.807, 2.05) is 26.0 Å². The van der Waals surface area contributed by atoms with Crippen LogP contribution in [-0.4, -0.2) is 0 Å². The molecule has 0 heterocycles. The highest BCUT2D eigenvalue weighted by Crippen LogP contribution is 2.31. The van der Waals surface area contributed by atoms with Crippen LogP contribution in [0.4, 0.5) is 8.78 Å². The molecule has 0 atom stereocenters. The molecule has 5 aromatic carbocycles. The minimum Gasteiger partial charge on any atom is -0.207 e. The quantitative estimate of drug-likeness (QED) is 0.145. The Morgan fingerprint density at radius 2 is 0.289 bits per heavy atom. The second-order valence-corrected chi connectivity index (χ2v) is 31.2. The maximum atomic E-state index is 12.6. The smallest absolute Gasteiger partial charge is 0.126 e. The molecule has 6 fully saturated rings. The predicted molar refractivity (Wildman–Crippen MR) is 407 cm³/mol. The third kappa shape index (κ3) is 46.1. The van der Waals surface area contributed by atoms with Crippen LogP contribution in [0.2, 0.25) is 0 Å². The number of hydrogen-bond acceptors (Lipinski definition) is 0. The molecular weight excluding hydrogens is 1090 g/mol. The van der Waals surface area contributed by atoms with Gasteiger partial charge in [0.2, 0.25) is 0 Å². The van der Waals surface area contributed by atoms with Crippen molar-refractivity contribution < 1.29 is 13.1 Å². The van der Waals surface area contributed by atoms with Crippen LogP contribution >= 0.6 is 0 Å². The molecule has 0 radical (unpaired) electrons. The first kappa shape index (κ1) is 84.0. The molecule has 6 aliphatic carbocycles. The molecule has 0 nitrogen and oxygen atoms in total. The first-order valence-corrected chi connectivity index (χ1v) is 37.0. The summed E-state index contributed by atoms with van der Waals surface area (Å²) in [5.41, 5.74) is 11.3. The van der Waals surface area contributed by atoms with Gasteiger partial charge in [-0.15, -0.1) is 0 Å². The second-order valence-electron chi connectivity index (χ2n) is 31.2. The zero-order chi connectivity index (χ0) is 67.6. The van der Waals surface area contributed by atoms with Crippen molar-refractivity contribution in [3.8, 4) is 0 Å². The van der Waals surface area contributed by atoms with E-state index < -0.39 is 0 Å². The maximum absolute atomic E-state index is 12.6. The zero-order valence-corrected chi connectivity index (χ0v) is 63.0. The third-order valence-corrected chi connectivity index (χ3v) is 20.1. The van der Waals surface area contributed by atoms with Crippen molar-refractivity contribution in [1.82, 2.24) is 0 Å². The Labute approximate surface area is 564 Å². The summed E-state index contributed by atoms with van der Waals surface area (Å²) in [4.78, 5) is 0. The van der Waals surface area contributed by atoms with Gasteiger partial charge in [-0.25, -0.2) is 8.78 Å². The molecule has 2 heteroatoms. The molecule has 0 amide bonds. The molecule has 516 valence electrons. The minimum atomic E-state index is -0.116. The lowest BCUT2D eigenvalue weighted by Crippen LogP contribution is -2.08. The van der Waals surface area contributed by atoms with Gasteiger partial charge >= 0.3 is 0 Å². The maximum Gasteiger partial charge on any atom is 0.126 e. The van der Waals surface area contributed by atoms with Crippen molar-refractivity contribution in [2.24, 2.45) is 71.0 Å². The fourth-order valence-electron chi connectivity index (χ4n) is 11.9. The molecule has 90 heavy (non-hydrogen) atoms. The van der Waals surface area contributed by atoms with E-state index in [0.717, 1.165) is 82.1 Å². The van der Waals surface area contributed by atoms with Crippen LogP contribution < -0.4 is 0 Å². The van der Waals surface area contributed by atoms with Crippen LogP contribution in [0.3, 0.4) is 0 Å². The van der Waals surface area contributed by atoms with Gasteiger partial charge < -0.3 is 0 Å². The third-order valence-electron chi connectivity index (χ3n) is 20.1. The standard InChI is InChI=1S/2C8H9F.6C8H16.3C8H10.3H2/c2*1-6-3-4-7(2)8(9)5-6;9*1-7-3-5-8(2)6-4-7;;;/h2*3-5H,1-2H3;6*7-8H,3-6H2,1-2H3;3*3-6H,1-2H3;3*1H. The topological polar surface area (TPSA) is 0 Å². The zero-order valence-electron chi connectivity index (χ0n) is 63.0. The van der Waals surface area contributed by atoms with Crippen molar-refractivity contribution in [2.45, 2.75) is 306 Å². The Morgan fingerprint density at radius 1 is 0.189 bits per heavy atom. The summed E-state index contributed by atoms with van der Waals surface area (Å²) in [6.07, 6.45) is 35.4. The highest BCUT2D eigenvalue weighted by Gasteiger charge is 2.17. The van der Waals surface area contributed by atoms with Crippen LogP contribution in [0.1, 0.15) is 297 Å². The van der Waals surface area contributed by atoms with Gasteiger partial charge in [0.25, 0.3) is 0 Å². The van der Waals surface area contributed by atoms with E-state index in [2.05, 4.69) is 197 Å². The Kier molecular flexibility index (Phi) is 46.2. The predicted octanol–water partition coefficient (Wildman–Crippen LogP) is 29.5. The Morgan fingerprint density at radius 3 is 0.378 bits per heavy atom. The fraction of sp³-hybridized carbons (Fsp3) is 0.659. The molecule has 6 saturated carbocycles. The molecule has 0 N–H and O–H groups in total. The van der Waals surface area contributed by atoms with Crippen molar-refractivity contribution in [3.63, 3.8) is 0 Å². The first-order valence-electron chi connectivity index (χ1n) is 37.0. The molecule has 0 aliphatic heterocycles. The van der Waals surface area contributed by atoms with Crippen molar-refractivity contribution >= 4 is 0 Å². The van der Waals surface area contributed by atoms with E-state index in [-0.39, 0.29) is 15.9 Å².